The number of aromatic nitrogens is 3. The number of anilines is 6. The fraction of sp³-hybridized carbons (Fsp3) is 0.257. The lowest BCUT2D eigenvalue weighted by atomic mass is 9.89. The number of rotatable bonds is 35. The average molecular weight is 1390 g/mol. The smallest absolute Gasteiger partial charge is 0.164 e. The molecule has 0 spiro atoms. The Bertz CT molecular complexity index is 4840. The molecule has 5 heteroatoms. The van der Waals surface area contributed by atoms with E-state index in [1.54, 1.807) is 5.56 Å². The number of benzene rings is 12. The summed E-state index contributed by atoms with van der Waals surface area (Å²) in [5.74, 6) is 1.99. The summed E-state index contributed by atoms with van der Waals surface area (Å²) in [6.07, 6.45) is 25.8. The minimum Gasteiger partial charge on any atom is -0.311 e. The molecule has 534 valence electrons. The summed E-state index contributed by atoms with van der Waals surface area (Å²) < 4.78 is 0. The maximum Gasteiger partial charge on any atom is 0.164 e. The molecule has 1 heterocycles. The van der Waals surface area contributed by atoms with E-state index >= 15 is 0 Å². The third-order valence-electron chi connectivity index (χ3n) is 21.5. The maximum absolute atomic E-state index is 5.29. The Kier molecular flexibility index (Phi) is 25.9. The van der Waals surface area contributed by atoms with Gasteiger partial charge in [-0.1, -0.05) is 324 Å². The first-order valence-corrected chi connectivity index (χ1v) is 39.8. The molecule has 0 fully saturated rings. The molecule has 5 nitrogen and oxygen atoms in total. The molecule has 0 bridgehead atoms. The topological polar surface area (TPSA) is 45.2 Å². The van der Waals surface area contributed by atoms with Crippen LogP contribution in [-0.4, -0.2) is 15.0 Å². The van der Waals surface area contributed by atoms with E-state index in [2.05, 4.69) is 336 Å². The molecular weight excluding hydrogens is 1280 g/mol. The second kappa shape index (κ2) is 37.3. The molecule has 0 aliphatic rings. The van der Waals surface area contributed by atoms with Crippen LogP contribution in [0.5, 0.6) is 0 Å². The van der Waals surface area contributed by atoms with Gasteiger partial charge in [-0.25, -0.2) is 15.0 Å². The molecule has 0 amide bonds. The van der Waals surface area contributed by atoms with Crippen LogP contribution in [0.3, 0.4) is 0 Å². The van der Waals surface area contributed by atoms with E-state index in [1.165, 1.54) is 157 Å². The van der Waals surface area contributed by atoms with Crippen molar-refractivity contribution in [3.63, 3.8) is 0 Å². The standard InChI is InChI=1S/C101H105N5/c1-6-11-12-13-14-15-16-17-18-25-36-75-47-49-86(50-48-75)99-102-100(104-101(103-99)88-57-53-85(54-58-88)98-74-77(8-3)90(72-79(98)10-5)42-27-20-19-26-41-89-71-78(9-4)97(73-76(89)7-2)84-39-30-22-31-40-84)87-55-51-81(52-56-87)83-61-65-94(66-62-83)106(92-45-34-24-35-46-92)96-69-67-95(68-70-96)105(91-43-32-23-33-44-91)93-63-59-82(60-64-93)80-37-28-21-29-38-80/h21-24,28-35,37-40,43-74H,6-20,25-27,36,41-42H2,1-5H3. The van der Waals surface area contributed by atoms with Crippen LogP contribution >= 0.6 is 0 Å². The molecule has 0 atom stereocenters. The third kappa shape index (κ3) is 18.7. The van der Waals surface area contributed by atoms with E-state index in [0.29, 0.717) is 17.5 Å². The van der Waals surface area contributed by atoms with Gasteiger partial charge in [-0.3, -0.25) is 0 Å². The number of hydrogen-bond acceptors (Lipinski definition) is 5. The Labute approximate surface area is 633 Å². The Morgan fingerprint density at radius 1 is 0.208 bits per heavy atom. The summed E-state index contributed by atoms with van der Waals surface area (Å²) in [6.45, 7) is 11.5. The van der Waals surface area contributed by atoms with E-state index in [4.69, 9.17) is 15.0 Å². The van der Waals surface area contributed by atoms with Crippen molar-refractivity contribution in [3.8, 4) is 78.7 Å². The number of nitrogens with zero attached hydrogens (tertiary/aromatic N) is 5. The highest BCUT2D eigenvalue weighted by molar-refractivity contribution is 5.83. The maximum atomic E-state index is 5.29. The summed E-state index contributed by atoms with van der Waals surface area (Å²) in [7, 11) is 0. The highest BCUT2D eigenvalue weighted by Crippen LogP contribution is 2.42. The van der Waals surface area contributed by atoms with Gasteiger partial charge >= 0.3 is 0 Å². The summed E-state index contributed by atoms with van der Waals surface area (Å²) in [5.41, 5.74) is 29.5. The van der Waals surface area contributed by atoms with Crippen molar-refractivity contribution in [1.82, 2.24) is 15.0 Å². The van der Waals surface area contributed by atoms with Crippen LogP contribution in [0.2, 0.25) is 0 Å². The van der Waals surface area contributed by atoms with Crippen LogP contribution < -0.4 is 9.80 Å². The van der Waals surface area contributed by atoms with Crippen molar-refractivity contribution in [2.24, 2.45) is 0 Å². The molecule has 0 N–H and O–H groups in total. The number of aryl methyl sites for hydroxylation is 7. The lowest BCUT2D eigenvalue weighted by Crippen LogP contribution is -2.12. The van der Waals surface area contributed by atoms with E-state index in [1.807, 2.05) is 0 Å². The second-order valence-electron chi connectivity index (χ2n) is 28.7. The van der Waals surface area contributed by atoms with Crippen molar-refractivity contribution >= 4 is 34.1 Å². The fourth-order valence-electron chi connectivity index (χ4n) is 15.4. The highest BCUT2D eigenvalue weighted by atomic mass is 15.2. The van der Waals surface area contributed by atoms with Crippen LogP contribution in [0.1, 0.15) is 163 Å². The summed E-state index contributed by atoms with van der Waals surface area (Å²) in [6, 6.07) is 106. The normalized spacial score (nSPS) is 11.3. The molecular formula is C101H105N5. The molecule has 0 unspecified atom stereocenters. The first kappa shape index (κ1) is 73.6. The molecule has 12 aromatic carbocycles. The van der Waals surface area contributed by atoms with Gasteiger partial charge in [0.25, 0.3) is 0 Å². The van der Waals surface area contributed by atoms with Gasteiger partial charge in [-0.15, -0.1) is 0 Å². The molecule has 0 radical (unpaired) electrons. The average Bonchev–Trinajstić information content (AvgIpc) is 0.786. The van der Waals surface area contributed by atoms with Gasteiger partial charge in [0.05, 0.1) is 0 Å². The van der Waals surface area contributed by atoms with E-state index in [-0.39, 0.29) is 0 Å². The van der Waals surface area contributed by atoms with Crippen molar-refractivity contribution in [1.29, 1.82) is 0 Å². The van der Waals surface area contributed by atoms with Gasteiger partial charge in [0.2, 0.25) is 0 Å². The monoisotopic (exact) mass is 1390 g/mol. The second-order valence-corrected chi connectivity index (χ2v) is 28.7. The van der Waals surface area contributed by atoms with Crippen LogP contribution in [0.4, 0.5) is 34.1 Å². The van der Waals surface area contributed by atoms with Gasteiger partial charge in [0.1, 0.15) is 0 Å². The fourth-order valence-corrected chi connectivity index (χ4v) is 15.4. The summed E-state index contributed by atoms with van der Waals surface area (Å²) in [4.78, 5) is 20.5. The van der Waals surface area contributed by atoms with Crippen molar-refractivity contribution < 1.29 is 0 Å². The molecule has 0 saturated carbocycles. The Balaban J connectivity index is 0.718. The van der Waals surface area contributed by atoms with Crippen LogP contribution in [0.25, 0.3) is 78.7 Å². The molecule has 0 aliphatic carbocycles. The zero-order valence-electron chi connectivity index (χ0n) is 63.3. The highest BCUT2D eigenvalue weighted by Gasteiger charge is 2.20. The predicted molar refractivity (Wildman–Crippen MR) is 453 cm³/mol. The van der Waals surface area contributed by atoms with Crippen LogP contribution in [0, 0.1) is 0 Å². The van der Waals surface area contributed by atoms with E-state index in [0.717, 1.165) is 107 Å². The number of para-hydroxylation sites is 2. The van der Waals surface area contributed by atoms with E-state index in [9.17, 15) is 0 Å². The molecule has 1 aromatic heterocycles. The van der Waals surface area contributed by atoms with Crippen molar-refractivity contribution in [2.45, 2.75) is 169 Å². The zero-order valence-corrected chi connectivity index (χ0v) is 63.3. The van der Waals surface area contributed by atoms with Crippen LogP contribution in [-0.2, 0) is 44.9 Å². The molecule has 13 aromatic rings. The molecule has 0 aliphatic heterocycles. The summed E-state index contributed by atoms with van der Waals surface area (Å²) >= 11 is 0. The van der Waals surface area contributed by atoms with Crippen molar-refractivity contribution in [2.75, 3.05) is 9.80 Å². The molecule has 13 rings (SSSR count). The minimum atomic E-state index is 0.652. The Hall–Kier alpha value is -10.8. The van der Waals surface area contributed by atoms with Gasteiger partial charge in [-0.2, -0.15) is 0 Å². The largest absolute Gasteiger partial charge is 0.311 e. The first-order chi connectivity index (χ1) is 52.3. The summed E-state index contributed by atoms with van der Waals surface area (Å²) in [5, 5.41) is 0. The first-order valence-electron chi connectivity index (χ1n) is 39.8. The quantitative estimate of drug-likeness (QED) is 0.0371. The molecule has 106 heavy (non-hydrogen) atoms. The third-order valence-corrected chi connectivity index (χ3v) is 21.5. The van der Waals surface area contributed by atoms with Crippen LogP contribution in [0.15, 0.2) is 291 Å². The number of unbranched alkanes of at least 4 members (excludes halogenated alkanes) is 12. The van der Waals surface area contributed by atoms with Gasteiger partial charge in [0, 0.05) is 50.8 Å². The van der Waals surface area contributed by atoms with E-state index < -0.39 is 0 Å². The predicted octanol–water partition coefficient (Wildman–Crippen LogP) is 28.5. The lowest BCUT2D eigenvalue weighted by Gasteiger charge is -2.28. The van der Waals surface area contributed by atoms with Gasteiger partial charge < -0.3 is 9.80 Å². The zero-order chi connectivity index (χ0) is 72.7. The SMILES string of the molecule is CCCCCCCCCCCCc1ccc(-c2nc(-c3ccc(-c4ccc(N(c5ccccc5)c5ccc(N(c6ccccc6)c6ccc(-c7ccccc7)cc6)cc5)cc4)cc3)nc(-c3ccc(-c4cc(CC)c(CCCCCCc5cc(CC)c(-c6ccccc6)cc5CC)cc4CC)cc3)n2)cc1. The van der Waals surface area contributed by atoms with Gasteiger partial charge in [-0.05, 0) is 220 Å². The van der Waals surface area contributed by atoms with Gasteiger partial charge in [0.15, 0.2) is 17.5 Å². The van der Waals surface area contributed by atoms with Crippen molar-refractivity contribution in [3.05, 3.63) is 330 Å². The Morgan fingerprint density at radius 2 is 0.472 bits per heavy atom. The minimum absolute atomic E-state index is 0.652. The molecule has 0 saturated heterocycles. The number of hydrogen-bond donors (Lipinski definition) is 0. The lowest BCUT2D eigenvalue weighted by molar-refractivity contribution is 0.556. The Morgan fingerprint density at radius 3 is 0.840 bits per heavy atom.